The highest BCUT2D eigenvalue weighted by molar-refractivity contribution is 6.76. The van der Waals surface area contributed by atoms with Gasteiger partial charge < -0.3 is 19.5 Å². The lowest BCUT2D eigenvalue weighted by Crippen LogP contribution is -2.46. The Balaban J connectivity index is 4.07. The van der Waals surface area contributed by atoms with Crippen molar-refractivity contribution in [1.82, 2.24) is 5.32 Å². The third-order valence-electron chi connectivity index (χ3n) is 2.16. The number of rotatable bonds is 9. The number of amides is 1. The van der Waals surface area contributed by atoms with Gasteiger partial charge in [0, 0.05) is 7.11 Å². The third kappa shape index (κ3) is 8.68. The van der Waals surface area contributed by atoms with E-state index in [2.05, 4.69) is 11.9 Å². The zero-order valence-electron chi connectivity index (χ0n) is 10.8. The summed E-state index contributed by atoms with van der Waals surface area (Å²) in [6.07, 6.45) is 1.12. The number of alkyl halides is 3. The van der Waals surface area contributed by atoms with Gasteiger partial charge in [-0.2, -0.15) is 0 Å². The summed E-state index contributed by atoms with van der Waals surface area (Å²) in [5.74, 6) is -0.738. The summed E-state index contributed by atoms with van der Waals surface area (Å²) in [4.78, 5) is 11.5. The van der Waals surface area contributed by atoms with E-state index >= 15 is 0 Å². The molecule has 0 radical (unpaired) electrons. The van der Waals surface area contributed by atoms with Gasteiger partial charge in [-0.05, 0) is 6.92 Å². The maximum Gasteiger partial charge on any atom is 0.272 e. The van der Waals surface area contributed by atoms with Crippen LogP contribution in [0.2, 0.25) is 0 Å². The molecule has 1 N–H and O–H groups in total. The SMILES string of the molecule is C=C[C@@H](NC(=O)C(Cl)(Cl)Cl)[C@H](C)OCOCCOC. The highest BCUT2D eigenvalue weighted by Crippen LogP contribution is 2.26. The second-order valence-electron chi connectivity index (χ2n) is 3.62. The van der Waals surface area contributed by atoms with Crippen LogP contribution in [0.15, 0.2) is 12.7 Å². The number of carbonyl (C=O) groups excluding carboxylic acids is 1. The predicted molar refractivity (Wildman–Crippen MR) is 75.7 cm³/mol. The first kappa shape index (κ1) is 19.0. The van der Waals surface area contributed by atoms with Crippen LogP contribution in [0.5, 0.6) is 0 Å². The van der Waals surface area contributed by atoms with Crippen LogP contribution >= 0.6 is 34.8 Å². The molecule has 112 valence electrons. The summed E-state index contributed by atoms with van der Waals surface area (Å²) in [6, 6.07) is -0.492. The van der Waals surface area contributed by atoms with Crippen LogP contribution in [-0.2, 0) is 19.0 Å². The molecule has 0 aromatic heterocycles. The molecule has 0 saturated heterocycles. The Bertz CT molecular complexity index is 284. The zero-order valence-corrected chi connectivity index (χ0v) is 13.1. The fourth-order valence-electron chi connectivity index (χ4n) is 1.06. The number of hydrogen-bond acceptors (Lipinski definition) is 4. The minimum absolute atomic E-state index is 0.0680. The topological polar surface area (TPSA) is 56.8 Å². The van der Waals surface area contributed by atoms with Gasteiger partial charge in [-0.1, -0.05) is 40.9 Å². The average Bonchev–Trinajstić information content (AvgIpc) is 2.33. The van der Waals surface area contributed by atoms with E-state index < -0.39 is 15.7 Å². The van der Waals surface area contributed by atoms with E-state index in [0.717, 1.165) is 0 Å². The summed E-state index contributed by atoms with van der Waals surface area (Å²) in [7, 11) is 1.58. The second-order valence-corrected chi connectivity index (χ2v) is 5.90. The molecule has 2 atom stereocenters. The summed E-state index contributed by atoms with van der Waals surface area (Å²) in [5, 5.41) is 2.50. The Morgan fingerprint density at radius 3 is 2.53 bits per heavy atom. The van der Waals surface area contributed by atoms with Gasteiger partial charge in [-0.25, -0.2) is 0 Å². The molecule has 1 amide bonds. The zero-order chi connectivity index (χ0) is 14.9. The molecule has 19 heavy (non-hydrogen) atoms. The molecule has 0 rings (SSSR count). The number of halogens is 3. The van der Waals surface area contributed by atoms with Crippen LogP contribution < -0.4 is 5.32 Å². The summed E-state index contributed by atoms with van der Waals surface area (Å²) < 4.78 is 13.3. The van der Waals surface area contributed by atoms with Gasteiger partial charge in [-0.15, -0.1) is 6.58 Å². The summed E-state index contributed by atoms with van der Waals surface area (Å²) >= 11 is 16.4. The molecule has 0 aromatic carbocycles. The lowest BCUT2D eigenvalue weighted by molar-refractivity contribution is -0.124. The van der Waals surface area contributed by atoms with Crippen molar-refractivity contribution in [2.75, 3.05) is 27.1 Å². The van der Waals surface area contributed by atoms with Gasteiger partial charge in [0.05, 0.1) is 25.4 Å². The molecular formula is C11H18Cl3NO4. The Morgan fingerprint density at radius 1 is 1.42 bits per heavy atom. The lowest BCUT2D eigenvalue weighted by Gasteiger charge is -2.24. The highest BCUT2D eigenvalue weighted by atomic mass is 35.6. The van der Waals surface area contributed by atoms with Crippen molar-refractivity contribution in [3.8, 4) is 0 Å². The first-order valence-corrected chi connectivity index (χ1v) is 6.64. The van der Waals surface area contributed by atoms with Crippen LogP contribution in [0.4, 0.5) is 0 Å². The van der Waals surface area contributed by atoms with Crippen LogP contribution in [0.25, 0.3) is 0 Å². The monoisotopic (exact) mass is 333 g/mol. The van der Waals surface area contributed by atoms with E-state index in [4.69, 9.17) is 49.0 Å². The molecule has 0 aliphatic heterocycles. The number of nitrogens with one attached hydrogen (secondary N) is 1. The molecule has 0 unspecified atom stereocenters. The van der Waals surface area contributed by atoms with E-state index in [1.807, 2.05) is 0 Å². The van der Waals surface area contributed by atoms with Crippen molar-refractivity contribution in [1.29, 1.82) is 0 Å². The molecule has 0 fully saturated rings. The first-order chi connectivity index (χ1) is 8.82. The number of ether oxygens (including phenoxy) is 3. The van der Waals surface area contributed by atoms with E-state index in [1.54, 1.807) is 14.0 Å². The second kappa shape index (κ2) is 9.80. The van der Waals surface area contributed by atoms with Gasteiger partial charge >= 0.3 is 0 Å². The average molecular weight is 335 g/mol. The van der Waals surface area contributed by atoms with Crippen molar-refractivity contribution in [3.63, 3.8) is 0 Å². The predicted octanol–water partition coefficient (Wildman–Crippen LogP) is 2.05. The molecule has 0 aliphatic rings. The van der Waals surface area contributed by atoms with Gasteiger partial charge in [-0.3, -0.25) is 4.79 Å². The third-order valence-corrected chi connectivity index (χ3v) is 2.68. The lowest BCUT2D eigenvalue weighted by atomic mass is 10.2. The van der Waals surface area contributed by atoms with E-state index in [-0.39, 0.29) is 12.9 Å². The van der Waals surface area contributed by atoms with Crippen LogP contribution in [0.3, 0.4) is 0 Å². The van der Waals surface area contributed by atoms with Gasteiger partial charge in [0.25, 0.3) is 9.70 Å². The first-order valence-electron chi connectivity index (χ1n) is 5.51. The minimum atomic E-state index is -2.02. The number of carbonyl (C=O) groups is 1. The molecule has 5 nitrogen and oxygen atoms in total. The van der Waals surface area contributed by atoms with Crippen molar-refractivity contribution in [3.05, 3.63) is 12.7 Å². The van der Waals surface area contributed by atoms with Crippen molar-refractivity contribution >= 4 is 40.7 Å². The van der Waals surface area contributed by atoms with E-state index in [0.29, 0.717) is 13.2 Å². The fourth-order valence-corrected chi connectivity index (χ4v) is 1.23. The molecule has 0 heterocycles. The quantitative estimate of drug-likeness (QED) is 0.303. The summed E-state index contributed by atoms with van der Waals surface area (Å²) in [6.45, 7) is 6.30. The Kier molecular flexibility index (Phi) is 9.78. The smallest absolute Gasteiger partial charge is 0.272 e. The van der Waals surface area contributed by atoms with Crippen LogP contribution in [0.1, 0.15) is 6.92 Å². The molecular weight excluding hydrogens is 316 g/mol. The van der Waals surface area contributed by atoms with Crippen molar-refractivity contribution in [2.45, 2.75) is 22.9 Å². The van der Waals surface area contributed by atoms with Crippen molar-refractivity contribution < 1.29 is 19.0 Å². The van der Waals surface area contributed by atoms with Crippen LogP contribution in [0, 0.1) is 0 Å². The van der Waals surface area contributed by atoms with E-state index in [9.17, 15) is 4.79 Å². The standard InChI is InChI=1S/C11H18Cl3NO4/c1-4-9(15-10(16)11(12,13)14)8(2)19-7-18-6-5-17-3/h4,8-9H,1,5-7H2,2-3H3,(H,15,16)/t8-,9+/m0/s1. The highest BCUT2D eigenvalue weighted by Gasteiger charge is 2.32. The maximum atomic E-state index is 11.5. The molecule has 0 saturated carbocycles. The minimum Gasteiger partial charge on any atom is -0.382 e. The van der Waals surface area contributed by atoms with Gasteiger partial charge in [0.2, 0.25) is 0 Å². The van der Waals surface area contributed by atoms with E-state index in [1.165, 1.54) is 6.08 Å². The molecule has 0 spiro atoms. The Morgan fingerprint density at radius 2 is 2.05 bits per heavy atom. The van der Waals surface area contributed by atoms with Crippen LogP contribution in [-0.4, -0.2) is 49.0 Å². The largest absolute Gasteiger partial charge is 0.382 e. The fraction of sp³-hybridized carbons (Fsp3) is 0.727. The normalized spacial score (nSPS) is 14.8. The molecule has 8 heteroatoms. The Hall–Kier alpha value is -0.0400. The van der Waals surface area contributed by atoms with Crippen molar-refractivity contribution in [2.24, 2.45) is 0 Å². The number of hydrogen-bond donors (Lipinski definition) is 1. The molecule has 0 aliphatic carbocycles. The van der Waals surface area contributed by atoms with Gasteiger partial charge in [0.1, 0.15) is 6.79 Å². The van der Waals surface area contributed by atoms with Gasteiger partial charge in [0.15, 0.2) is 0 Å². The maximum absolute atomic E-state index is 11.5. The molecule has 0 aromatic rings. The molecule has 0 bridgehead atoms. The summed E-state index contributed by atoms with van der Waals surface area (Å²) in [5.41, 5.74) is 0. The Labute approximate surface area is 128 Å². The number of methoxy groups -OCH3 is 1.